The molecule has 0 aliphatic carbocycles. The lowest BCUT2D eigenvalue weighted by atomic mass is 10.2. The maximum absolute atomic E-state index is 5.63. The predicted octanol–water partition coefficient (Wildman–Crippen LogP) is 3.60. The predicted molar refractivity (Wildman–Crippen MR) is 65.7 cm³/mol. The van der Waals surface area contributed by atoms with E-state index in [1.54, 1.807) is 0 Å². The van der Waals surface area contributed by atoms with Gasteiger partial charge in [-0.2, -0.15) is 0 Å². The van der Waals surface area contributed by atoms with Crippen molar-refractivity contribution in [2.75, 3.05) is 11.9 Å². The van der Waals surface area contributed by atoms with Crippen LogP contribution in [0, 0.1) is 6.92 Å². The summed E-state index contributed by atoms with van der Waals surface area (Å²) in [5, 5.41) is 3.39. The van der Waals surface area contributed by atoms with Crippen molar-refractivity contribution in [3.63, 3.8) is 0 Å². The Kier molecular flexibility index (Phi) is 4.47. The number of benzene rings is 1. The first-order valence-corrected chi connectivity index (χ1v) is 5.64. The van der Waals surface area contributed by atoms with Crippen molar-refractivity contribution in [3.05, 3.63) is 23.8 Å². The minimum atomic E-state index is 0.235. The van der Waals surface area contributed by atoms with Crippen LogP contribution in [0.25, 0.3) is 0 Å². The molecule has 0 aliphatic heterocycles. The summed E-state index contributed by atoms with van der Waals surface area (Å²) >= 11 is 0. The summed E-state index contributed by atoms with van der Waals surface area (Å²) in [7, 11) is 0. The molecule has 0 saturated heterocycles. The average Bonchev–Trinajstić information content (AvgIpc) is 2.15. The Balaban J connectivity index is 2.69. The third-order valence-corrected chi connectivity index (χ3v) is 2.14. The Morgan fingerprint density at radius 1 is 1.33 bits per heavy atom. The summed E-state index contributed by atoms with van der Waals surface area (Å²) in [6.45, 7) is 9.37. The molecular weight excluding hydrogens is 186 g/mol. The molecule has 0 saturated carbocycles. The van der Waals surface area contributed by atoms with Gasteiger partial charge in [-0.1, -0.05) is 6.92 Å². The van der Waals surface area contributed by atoms with E-state index in [0.717, 1.165) is 18.7 Å². The Morgan fingerprint density at radius 3 is 2.60 bits per heavy atom. The topological polar surface area (TPSA) is 21.3 Å². The molecule has 0 fully saturated rings. The molecule has 0 aliphatic rings. The lowest BCUT2D eigenvalue weighted by molar-refractivity contribution is 0.242. The van der Waals surface area contributed by atoms with E-state index >= 15 is 0 Å². The summed E-state index contributed by atoms with van der Waals surface area (Å²) in [6, 6.07) is 6.19. The zero-order valence-electron chi connectivity index (χ0n) is 10.1. The first-order valence-electron chi connectivity index (χ1n) is 5.64. The second-order valence-electron chi connectivity index (χ2n) is 4.07. The largest absolute Gasteiger partial charge is 0.491 e. The number of hydrogen-bond acceptors (Lipinski definition) is 2. The lowest BCUT2D eigenvalue weighted by Gasteiger charge is -2.13. The molecule has 0 amide bonds. The highest BCUT2D eigenvalue weighted by Crippen LogP contribution is 2.22. The van der Waals surface area contributed by atoms with Crippen molar-refractivity contribution in [1.82, 2.24) is 0 Å². The third-order valence-electron chi connectivity index (χ3n) is 2.14. The van der Waals surface area contributed by atoms with E-state index in [1.165, 1.54) is 11.3 Å². The summed E-state index contributed by atoms with van der Waals surface area (Å²) in [5.74, 6) is 0.949. The van der Waals surface area contributed by atoms with Gasteiger partial charge in [0.25, 0.3) is 0 Å². The van der Waals surface area contributed by atoms with Crippen molar-refractivity contribution < 1.29 is 4.74 Å². The van der Waals surface area contributed by atoms with Crippen LogP contribution in [0.15, 0.2) is 18.2 Å². The quantitative estimate of drug-likeness (QED) is 0.796. The van der Waals surface area contributed by atoms with E-state index in [4.69, 9.17) is 4.74 Å². The first-order chi connectivity index (χ1) is 7.13. The number of anilines is 1. The summed E-state index contributed by atoms with van der Waals surface area (Å²) < 4.78 is 5.63. The molecule has 1 aromatic rings. The van der Waals surface area contributed by atoms with Crippen LogP contribution in [0.2, 0.25) is 0 Å². The van der Waals surface area contributed by atoms with E-state index in [9.17, 15) is 0 Å². The molecule has 1 aromatic carbocycles. The molecule has 0 unspecified atom stereocenters. The maximum atomic E-state index is 5.63. The van der Waals surface area contributed by atoms with Gasteiger partial charge in [0.15, 0.2) is 0 Å². The third kappa shape index (κ3) is 3.82. The normalized spacial score (nSPS) is 10.5. The van der Waals surface area contributed by atoms with E-state index in [0.29, 0.717) is 0 Å². The van der Waals surface area contributed by atoms with Crippen molar-refractivity contribution in [3.8, 4) is 5.75 Å². The van der Waals surface area contributed by atoms with Crippen LogP contribution in [0.3, 0.4) is 0 Å². The first kappa shape index (κ1) is 11.9. The number of hydrogen-bond donors (Lipinski definition) is 1. The van der Waals surface area contributed by atoms with E-state index < -0.39 is 0 Å². The van der Waals surface area contributed by atoms with Crippen molar-refractivity contribution in [1.29, 1.82) is 0 Å². The Labute approximate surface area is 92.6 Å². The minimum Gasteiger partial charge on any atom is -0.491 e. The molecule has 1 rings (SSSR count). The van der Waals surface area contributed by atoms with Gasteiger partial charge in [0.1, 0.15) is 5.75 Å². The highest BCUT2D eigenvalue weighted by atomic mass is 16.5. The smallest absolute Gasteiger partial charge is 0.120 e. The van der Waals surface area contributed by atoms with Crippen LogP contribution in [-0.4, -0.2) is 12.6 Å². The van der Waals surface area contributed by atoms with E-state index in [2.05, 4.69) is 31.3 Å². The molecule has 15 heavy (non-hydrogen) atoms. The Morgan fingerprint density at radius 2 is 2.07 bits per heavy atom. The molecule has 0 spiro atoms. The standard InChI is InChI=1S/C13H21NO/c1-5-8-14-13-7-6-12(9-11(13)4)15-10(2)3/h6-7,9-10,14H,5,8H2,1-4H3. The summed E-state index contributed by atoms with van der Waals surface area (Å²) in [6.07, 6.45) is 1.38. The second-order valence-corrected chi connectivity index (χ2v) is 4.07. The maximum Gasteiger partial charge on any atom is 0.120 e. The van der Waals surface area contributed by atoms with Gasteiger partial charge in [-0.3, -0.25) is 0 Å². The second kappa shape index (κ2) is 5.64. The Bertz CT molecular complexity index is 307. The highest BCUT2D eigenvalue weighted by molar-refractivity contribution is 5.53. The lowest BCUT2D eigenvalue weighted by Crippen LogP contribution is -2.06. The van der Waals surface area contributed by atoms with Gasteiger partial charge in [0, 0.05) is 12.2 Å². The average molecular weight is 207 g/mol. The van der Waals surface area contributed by atoms with Crippen LogP contribution in [0.4, 0.5) is 5.69 Å². The van der Waals surface area contributed by atoms with Gasteiger partial charge >= 0.3 is 0 Å². The van der Waals surface area contributed by atoms with Crippen molar-refractivity contribution >= 4 is 5.69 Å². The van der Waals surface area contributed by atoms with Crippen molar-refractivity contribution in [2.24, 2.45) is 0 Å². The molecular formula is C13H21NO. The zero-order chi connectivity index (χ0) is 11.3. The van der Waals surface area contributed by atoms with Gasteiger partial charge < -0.3 is 10.1 Å². The molecule has 2 nitrogen and oxygen atoms in total. The zero-order valence-corrected chi connectivity index (χ0v) is 10.1. The highest BCUT2D eigenvalue weighted by Gasteiger charge is 2.01. The van der Waals surface area contributed by atoms with E-state index in [-0.39, 0.29) is 6.10 Å². The van der Waals surface area contributed by atoms with Gasteiger partial charge in [-0.05, 0) is 51.0 Å². The molecule has 0 heterocycles. The van der Waals surface area contributed by atoms with Crippen molar-refractivity contribution in [2.45, 2.75) is 40.2 Å². The van der Waals surface area contributed by atoms with E-state index in [1.807, 2.05) is 19.9 Å². The number of aryl methyl sites for hydroxylation is 1. The van der Waals surface area contributed by atoms with Gasteiger partial charge in [-0.15, -0.1) is 0 Å². The minimum absolute atomic E-state index is 0.235. The molecule has 0 atom stereocenters. The summed E-state index contributed by atoms with van der Waals surface area (Å²) in [4.78, 5) is 0. The fourth-order valence-electron chi connectivity index (χ4n) is 1.44. The molecule has 0 aromatic heterocycles. The molecule has 84 valence electrons. The van der Waals surface area contributed by atoms with Crippen LogP contribution >= 0.6 is 0 Å². The van der Waals surface area contributed by atoms with Gasteiger partial charge in [0.05, 0.1) is 6.10 Å². The fraction of sp³-hybridized carbons (Fsp3) is 0.538. The fourth-order valence-corrected chi connectivity index (χ4v) is 1.44. The van der Waals surface area contributed by atoms with Gasteiger partial charge in [-0.25, -0.2) is 0 Å². The number of nitrogens with one attached hydrogen (secondary N) is 1. The van der Waals surface area contributed by atoms with Crippen LogP contribution in [0.1, 0.15) is 32.8 Å². The Hall–Kier alpha value is -1.18. The molecule has 0 radical (unpaired) electrons. The number of ether oxygens (including phenoxy) is 1. The summed E-state index contributed by atoms with van der Waals surface area (Å²) in [5.41, 5.74) is 2.44. The molecule has 1 N–H and O–H groups in total. The molecule has 2 heteroatoms. The number of rotatable bonds is 5. The SMILES string of the molecule is CCCNc1ccc(OC(C)C)cc1C. The van der Waals surface area contributed by atoms with Crippen LogP contribution in [0.5, 0.6) is 5.75 Å². The molecule has 0 bridgehead atoms. The monoisotopic (exact) mass is 207 g/mol. The van der Waals surface area contributed by atoms with Crippen LogP contribution < -0.4 is 10.1 Å². The van der Waals surface area contributed by atoms with Crippen LogP contribution in [-0.2, 0) is 0 Å². The van der Waals surface area contributed by atoms with Gasteiger partial charge in [0.2, 0.25) is 0 Å².